The Kier molecular flexibility index (Phi) is 2.07. The summed E-state index contributed by atoms with van der Waals surface area (Å²) in [5.74, 6) is 0. The highest BCUT2D eigenvalue weighted by Crippen LogP contribution is 2.24. The summed E-state index contributed by atoms with van der Waals surface area (Å²) < 4.78 is 3.28. The van der Waals surface area contributed by atoms with Crippen LogP contribution >= 0.6 is 15.9 Å². The van der Waals surface area contributed by atoms with Crippen molar-refractivity contribution in [2.24, 2.45) is 0 Å². The first-order chi connectivity index (χ1) is 7.24. The Morgan fingerprint density at radius 2 is 2.20 bits per heavy atom. The molecule has 0 atom stereocenters. The van der Waals surface area contributed by atoms with E-state index in [1.807, 2.05) is 6.20 Å². The van der Waals surface area contributed by atoms with Crippen molar-refractivity contribution in [1.82, 2.24) is 14.5 Å². The summed E-state index contributed by atoms with van der Waals surface area (Å²) in [7, 11) is 2.16. The molecule has 0 aromatic carbocycles. The largest absolute Gasteiger partial charge is 0.341 e. The molecule has 0 radical (unpaired) electrons. The minimum atomic E-state index is 0.909. The highest BCUT2D eigenvalue weighted by atomic mass is 79.9. The maximum Gasteiger partial charge on any atom is 0.106 e. The Hall–Kier alpha value is -0.870. The van der Waals surface area contributed by atoms with E-state index in [1.165, 1.54) is 16.6 Å². The van der Waals surface area contributed by atoms with Crippen LogP contribution < -0.4 is 0 Å². The summed E-state index contributed by atoms with van der Waals surface area (Å²) in [6.45, 7) is 3.22. The monoisotopic (exact) mass is 265 g/mol. The van der Waals surface area contributed by atoms with Crippen LogP contribution in [0.3, 0.4) is 0 Å². The van der Waals surface area contributed by atoms with Crippen molar-refractivity contribution in [3.8, 4) is 0 Å². The molecule has 1 aliphatic rings. The molecule has 4 heteroatoms. The van der Waals surface area contributed by atoms with Crippen molar-refractivity contribution in [3.63, 3.8) is 0 Å². The third kappa shape index (κ3) is 1.48. The smallest absolute Gasteiger partial charge is 0.106 e. The molecule has 15 heavy (non-hydrogen) atoms. The van der Waals surface area contributed by atoms with Crippen molar-refractivity contribution in [2.75, 3.05) is 13.6 Å². The van der Waals surface area contributed by atoms with Crippen molar-refractivity contribution in [2.45, 2.75) is 13.1 Å². The lowest BCUT2D eigenvalue weighted by atomic mass is 10.3. The molecular weight excluding hydrogens is 254 g/mol. The molecular formula is C11H12BrN3. The van der Waals surface area contributed by atoms with E-state index < -0.39 is 0 Å². The first-order valence-corrected chi connectivity index (χ1v) is 5.85. The number of fused-ring (bicyclic) bond motifs is 3. The summed E-state index contributed by atoms with van der Waals surface area (Å²) in [5.41, 5.74) is 2.64. The van der Waals surface area contributed by atoms with Gasteiger partial charge in [-0.05, 0) is 35.1 Å². The second-order valence-corrected chi connectivity index (χ2v) is 4.90. The normalized spacial score (nSPS) is 16.9. The standard InChI is InChI=1S/C11H12BrN3/c1-14-2-3-15-9(7-14)4-8-5-11(12)13-6-10(8)15/h4-6H,2-3,7H2,1H3. The van der Waals surface area contributed by atoms with Gasteiger partial charge in [0, 0.05) is 30.7 Å². The van der Waals surface area contributed by atoms with E-state index in [4.69, 9.17) is 0 Å². The van der Waals surface area contributed by atoms with Gasteiger partial charge in [0.25, 0.3) is 0 Å². The number of pyridine rings is 1. The fourth-order valence-corrected chi connectivity index (χ4v) is 2.56. The van der Waals surface area contributed by atoms with Crippen LogP contribution in [0.2, 0.25) is 0 Å². The van der Waals surface area contributed by atoms with Crippen LogP contribution in [-0.2, 0) is 13.1 Å². The Bertz CT molecular complexity index is 518. The predicted octanol–water partition coefficient (Wildman–Crippen LogP) is 2.24. The van der Waals surface area contributed by atoms with Gasteiger partial charge >= 0.3 is 0 Å². The molecule has 3 heterocycles. The average molecular weight is 266 g/mol. The number of rotatable bonds is 0. The third-order valence-corrected chi connectivity index (χ3v) is 3.41. The molecule has 0 saturated carbocycles. The number of nitrogens with zero attached hydrogens (tertiary/aromatic N) is 3. The number of aromatic nitrogens is 2. The molecule has 0 unspecified atom stereocenters. The molecule has 2 aromatic rings. The number of halogens is 1. The molecule has 1 aliphatic heterocycles. The van der Waals surface area contributed by atoms with Gasteiger partial charge in [0.1, 0.15) is 4.60 Å². The highest BCUT2D eigenvalue weighted by molar-refractivity contribution is 9.10. The fraction of sp³-hybridized carbons (Fsp3) is 0.364. The first kappa shape index (κ1) is 9.36. The maximum absolute atomic E-state index is 4.29. The highest BCUT2D eigenvalue weighted by Gasteiger charge is 2.15. The molecule has 0 fully saturated rings. The van der Waals surface area contributed by atoms with Crippen molar-refractivity contribution in [3.05, 3.63) is 28.6 Å². The summed E-state index contributed by atoms with van der Waals surface area (Å²) in [4.78, 5) is 6.63. The van der Waals surface area contributed by atoms with Gasteiger partial charge in [0.15, 0.2) is 0 Å². The van der Waals surface area contributed by atoms with Gasteiger partial charge in [0.2, 0.25) is 0 Å². The van der Waals surface area contributed by atoms with Gasteiger partial charge < -0.3 is 4.57 Å². The quantitative estimate of drug-likeness (QED) is 0.682. The molecule has 0 amide bonds. The minimum Gasteiger partial charge on any atom is -0.341 e. The summed E-state index contributed by atoms with van der Waals surface area (Å²) >= 11 is 3.41. The van der Waals surface area contributed by atoms with Crippen LogP contribution in [0.4, 0.5) is 0 Å². The van der Waals surface area contributed by atoms with Crippen LogP contribution in [0.25, 0.3) is 10.9 Å². The number of hydrogen-bond acceptors (Lipinski definition) is 2. The molecule has 0 spiro atoms. The lowest BCUT2D eigenvalue weighted by molar-refractivity contribution is 0.273. The molecule has 78 valence electrons. The van der Waals surface area contributed by atoms with Gasteiger partial charge in [-0.2, -0.15) is 0 Å². The second kappa shape index (κ2) is 3.32. The lowest BCUT2D eigenvalue weighted by Gasteiger charge is -2.24. The Balaban J connectivity index is 2.23. The van der Waals surface area contributed by atoms with Crippen LogP contribution in [0, 0.1) is 0 Å². The Labute approximate surface area is 96.8 Å². The van der Waals surface area contributed by atoms with Gasteiger partial charge in [-0.25, -0.2) is 4.98 Å². The fourth-order valence-electron chi connectivity index (χ4n) is 2.21. The molecule has 0 N–H and O–H groups in total. The molecule has 3 rings (SSSR count). The van der Waals surface area contributed by atoms with E-state index in [0.717, 1.165) is 24.2 Å². The Morgan fingerprint density at radius 1 is 1.33 bits per heavy atom. The van der Waals surface area contributed by atoms with Gasteiger partial charge in [-0.15, -0.1) is 0 Å². The topological polar surface area (TPSA) is 21.1 Å². The van der Waals surface area contributed by atoms with Crippen LogP contribution in [-0.4, -0.2) is 28.0 Å². The molecule has 0 saturated heterocycles. The lowest BCUT2D eigenvalue weighted by Crippen LogP contribution is -2.29. The van der Waals surface area contributed by atoms with Gasteiger partial charge in [-0.1, -0.05) is 0 Å². The number of hydrogen-bond donors (Lipinski definition) is 0. The zero-order chi connectivity index (χ0) is 10.4. The van der Waals surface area contributed by atoms with Crippen LogP contribution in [0.1, 0.15) is 5.69 Å². The summed E-state index contributed by atoms with van der Waals surface area (Å²) in [6.07, 6.45) is 1.95. The minimum absolute atomic E-state index is 0.909. The zero-order valence-electron chi connectivity index (χ0n) is 8.57. The molecule has 0 bridgehead atoms. The van der Waals surface area contributed by atoms with Crippen LogP contribution in [0.5, 0.6) is 0 Å². The zero-order valence-corrected chi connectivity index (χ0v) is 10.2. The van der Waals surface area contributed by atoms with Crippen LogP contribution in [0.15, 0.2) is 22.9 Å². The first-order valence-electron chi connectivity index (χ1n) is 5.06. The van der Waals surface area contributed by atoms with Gasteiger partial charge in [-0.3, -0.25) is 4.90 Å². The SMILES string of the molecule is CN1CCn2c(cc3cc(Br)ncc32)C1. The second-order valence-electron chi connectivity index (χ2n) is 4.09. The average Bonchev–Trinajstić information content (AvgIpc) is 2.53. The number of likely N-dealkylation sites (N-methyl/N-ethyl adjacent to an activating group) is 1. The van der Waals surface area contributed by atoms with Crippen molar-refractivity contribution >= 4 is 26.8 Å². The Morgan fingerprint density at radius 3 is 3.07 bits per heavy atom. The molecule has 0 aliphatic carbocycles. The van der Waals surface area contributed by atoms with E-state index in [-0.39, 0.29) is 0 Å². The predicted molar refractivity (Wildman–Crippen MR) is 63.8 cm³/mol. The third-order valence-electron chi connectivity index (χ3n) is 2.98. The molecule has 2 aromatic heterocycles. The van der Waals surface area contributed by atoms with Gasteiger partial charge in [0.05, 0.1) is 11.7 Å². The van der Waals surface area contributed by atoms with Crippen molar-refractivity contribution in [1.29, 1.82) is 0 Å². The van der Waals surface area contributed by atoms with E-state index >= 15 is 0 Å². The van der Waals surface area contributed by atoms with E-state index in [2.05, 4.69) is 49.6 Å². The van der Waals surface area contributed by atoms with Crippen molar-refractivity contribution < 1.29 is 0 Å². The van der Waals surface area contributed by atoms with E-state index in [1.54, 1.807) is 0 Å². The maximum atomic E-state index is 4.29. The summed E-state index contributed by atoms with van der Waals surface area (Å²) in [5, 5.41) is 1.28. The van der Waals surface area contributed by atoms with E-state index in [9.17, 15) is 0 Å². The van der Waals surface area contributed by atoms with E-state index in [0.29, 0.717) is 0 Å². The molecule has 3 nitrogen and oxygen atoms in total. The summed E-state index contributed by atoms with van der Waals surface area (Å²) in [6, 6.07) is 4.35.